The summed E-state index contributed by atoms with van der Waals surface area (Å²) >= 11 is 3.42. The SMILES string of the molecule is COC(=O)NCCC(=O)N[C@H](C)Cc1cccc(Br)c1. The molecule has 0 radical (unpaired) electrons. The summed E-state index contributed by atoms with van der Waals surface area (Å²) in [4.78, 5) is 22.5. The molecule has 1 aromatic rings. The maximum atomic E-state index is 11.7. The van der Waals surface area contributed by atoms with Gasteiger partial charge in [0.2, 0.25) is 5.91 Å². The first-order chi connectivity index (χ1) is 9.51. The van der Waals surface area contributed by atoms with Gasteiger partial charge in [0.05, 0.1) is 7.11 Å². The van der Waals surface area contributed by atoms with Crippen molar-refractivity contribution in [3.63, 3.8) is 0 Å². The summed E-state index contributed by atoms with van der Waals surface area (Å²) in [5, 5.41) is 5.36. The molecule has 0 aliphatic heterocycles. The summed E-state index contributed by atoms with van der Waals surface area (Å²) in [7, 11) is 1.29. The second-order valence-electron chi connectivity index (χ2n) is 4.47. The standard InChI is InChI=1S/C14H19BrN2O3/c1-10(8-11-4-3-5-12(15)9-11)17-13(18)6-7-16-14(19)20-2/h3-5,9-10H,6-8H2,1-2H3,(H,16,19)(H,17,18)/t10-/m1/s1. The van der Waals surface area contributed by atoms with E-state index in [-0.39, 0.29) is 24.9 Å². The summed E-state index contributed by atoms with van der Waals surface area (Å²) in [6, 6.07) is 8.02. The predicted molar refractivity (Wildman–Crippen MR) is 80.5 cm³/mol. The molecule has 0 aliphatic carbocycles. The number of hydrogen-bond acceptors (Lipinski definition) is 3. The van der Waals surface area contributed by atoms with Crippen LogP contribution in [0.3, 0.4) is 0 Å². The van der Waals surface area contributed by atoms with Crippen LogP contribution in [0.5, 0.6) is 0 Å². The number of benzene rings is 1. The molecule has 2 amide bonds. The first-order valence-electron chi connectivity index (χ1n) is 6.37. The summed E-state index contributed by atoms with van der Waals surface area (Å²) in [6.07, 6.45) is 0.466. The Labute approximate surface area is 127 Å². The van der Waals surface area contributed by atoms with Gasteiger partial charge >= 0.3 is 6.09 Å². The van der Waals surface area contributed by atoms with Gasteiger partial charge in [-0.25, -0.2) is 4.79 Å². The third-order valence-electron chi connectivity index (χ3n) is 2.65. The minimum absolute atomic E-state index is 0.0370. The number of hydrogen-bond donors (Lipinski definition) is 2. The maximum Gasteiger partial charge on any atom is 0.406 e. The number of ether oxygens (including phenoxy) is 1. The molecular formula is C14H19BrN2O3. The molecule has 1 atom stereocenters. The first kappa shape index (κ1) is 16.5. The topological polar surface area (TPSA) is 67.4 Å². The zero-order valence-electron chi connectivity index (χ0n) is 11.6. The number of halogens is 1. The van der Waals surface area contributed by atoms with Crippen molar-refractivity contribution in [1.82, 2.24) is 10.6 Å². The van der Waals surface area contributed by atoms with E-state index in [4.69, 9.17) is 0 Å². The van der Waals surface area contributed by atoms with Gasteiger partial charge in [-0.3, -0.25) is 4.79 Å². The van der Waals surface area contributed by atoms with E-state index in [2.05, 4.69) is 31.3 Å². The number of methoxy groups -OCH3 is 1. The number of amides is 2. The molecule has 0 fully saturated rings. The Morgan fingerprint density at radius 3 is 2.80 bits per heavy atom. The maximum absolute atomic E-state index is 11.7. The van der Waals surface area contributed by atoms with Crippen molar-refractivity contribution in [2.24, 2.45) is 0 Å². The summed E-state index contributed by atoms with van der Waals surface area (Å²) in [6.45, 7) is 2.22. The minimum atomic E-state index is -0.528. The van der Waals surface area contributed by atoms with Crippen LogP contribution in [0.2, 0.25) is 0 Å². The highest BCUT2D eigenvalue weighted by Crippen LogP contribution is 2.13. The summed E-state index contributed by atoms with van der Waals surface area (Å²) in [5.74, 6) is -0.0936. The van der Waals surface area contributed by atoms with Gasteiger partial charge in [0.1, 0.15) is 0 Å². The van der Waals surface area contributed by atoms with Crippen LogP contribution in [0, 0.1) is 0 Å². The summed E-state index contributed by atoms with van der Waals surface area (Å²) in [5.41, 5.74) is 1.15. The van der Waals surface area contributed by atoms with E-state index in [0.29, 0.717) is 0 Å². The molecule has 6 heteroatoms. The molecule has 20 heavy (non-hydrogen) atoms. The van der Waals surface area contributed by atoms with Gasteiger partial charge in [-0.05, 0) is 31.0 Å². The van der Waals surface area contributed by atoms with Gasteiger partial charge in [0.25, 0.3) is 0 Å². The van der Waals surface area contributed by atoms with Crippen LogP contribution >= 0.6 is 15.9 Å². The van der Waals surface area contributed by atoms with E-state index >= 15 is 0 Å². The lowest BCUT2D eigenvalue weighted by molar-refractivity contribution is -0.121. The van der Waals surface area contributed by atoms with E-state index in [1.165, 1.54) is 7.11 Å². The molecule has 0 aromatic heterocycles. The third kappa shape index (κ3) is 6.56. The Hall–Kier alpha value is -1.56. The van der Waals surface area contributed by atoms with Crippen LogP contribution in [-0.4, -0.2) is 31.7 Å². The molecule has 1 aromatic carbocycles. The predicted octanol–water partition coefficient (Wildman–Crippen LogP) is 2.24. The molecule has 1 rings (SSSR count). The lowest BCUT2D eigenvalue weighted by Crippen LogP contribution is -2.36. The Balaban J connectivity index is 2.29. The van der Waals surface area contributed by atoms with Gasteiger partial charge in [0.15, 0.2) is 0 Å². The number of nitrogens with one attached hydrogen (secondary N) is 2. The molecule has 2 N–H and O–H groups in total. The van der Waals surface area contributed by atoms with Crippen molar-refractivity contribution < 1.29 is 14.3 Å². The smallest absolute Gasteiger partial charge is 0.406 e. The second-order valence-corrected chi connectivity index (χ2v) is 5.39. The molecule has 110 valence electrons. The summed E-state index contributed by atoms with van der Waals surface area (Å²) < 4.78 is 5.44. The van der Waals surface area contributed by atoms with Gasteiger partial charge < -0.3 is 15.4 Å². The van der Waals surface area contributed by atoms with Crippen LogP contribution in [0.25, 0.3) is 0 Å². The fourth-order valence-corrected chi connectivity index (χ4v) is 2.21. The largest absolute Gasteiger partial charge is 0.453 e. The molecule has 0 heterocycles. The van der Waals surface area contributed by atoms with Crippen LogP contribution in [0.1, 0.15) is 18.9 Å². The molecule has 0 unspecified atom stereocenters. The van der Waals surface area contributed by atoms with E-state index in [0.717, 1.165) is 16.5 Å². The minimum Gasteiger partial charge on any atom is -0.453 e. The Bertz CT molecular complexity index is 465. The van der Waals surface area contributed by atoms with Crippen molar-refractivity contribution >= 4 is 27.9 Å². The van der Waals surface area contributed by atoms with Gasteiger partial charge in [-0.2, -0.15) is 0 Å². The van der Waals surface area contributed by atoms with Crippen molar-refractivity contribution in [3.05, 3.63) is 34.3 Å². The third-order valence-corrected chi connectivity index (χ3v) is 3.14. The lowest BCUT2D eigenvalue weighted by Gasteiger charge is -2.14. The van der Waals surface area contributed by atoms with Crippen molar-refractivity contribution in [2.75, 3.05) is 13.7 Å². The highest BCUT2D eigenvalue weighted by molar-refractivity contribution is 9.10. The highest BCUT2D eigenvalue weighted by atomic mass is 79.9. The molecule has 0 saturated carbocycles. The average Bonchev–Trinajstić information content (AvgIpc) is 2.38. The molecule has 5 nitrogen and oxygen atoms in total. The van der Waals surface area contributed by atoms with E-state index < -0.39 is 6.09 Å². The monoisotopic (exact) mass is 342 g/mol. The number of carbonyl (C=O) groups is 2. The average molecular weight is 343 g/mol. The molecular weight excluding hydrogens is 324 g/mol. The van der Waals surface area contributed by atoms with Crippen LogP contribution < -0.4 is 10.6 Å². The molecule has 0 bridgehead atoms. The van der Waals surface area contributed by atoms with Crippen LogP contribution in [-0.2, 0) is 16.0 Å². The number of alkyl carbamates (subject to hydrolysis) is 1. The fraction of sp³-hybridized carbons (Fsp3) is 0.429. The molecule has 0 spiro atoms. The molecule has 0 aliphatic rings. The first-order valence-corrected chi connectivity index (χ1v) is 7.16. The molecule has 0 saturated heterocycles. The normalized spacial score (nSPS) is 11.6. The van der Waals surface area contributed by atoms with Gasteiger partial charge in [0, 0.05) is 23.5 Å². The second kappa shape index (κ2) is 8.58. The Morgan fingerprint density at radius 1 is 1.40 bits per heavy atom. The Kier molecular flexibility index (Phi) is 7.08. The number of carbonyl (C=O) groups excluding carboxylic acids is 2. The van der Waals surface area contributed by atoms with Gasteiger partial charge in [-0.15, -0.1) is 0 Å². The number of rotatable bonds is 6. The van der Waals surface area contributed by atoms with Gasteiger partial charge in [-0.1, -0.05) is 28.1 Å². The van der Waals surface area contributed by atoms with E-state index in [1.807, 2.05) is 31.2 Å². The fourth-order valence-electron chi connectivity index (χ4n) is 1.77. The van der Waals surface area contributed by atoms with Crippen molar-refractivity contribution in [1.29, 1.82) is 0 Å². The van der Waals surface area contributed by atoms with Crippen LogP contribution in [0.15, 0.2) is 28.7 Å². The van der Waals surface area contributed by atoms with Crippen molar-refractivity contribution in [3.8, 4) is 0 Å². The van der Waals surface area contributed by atoms with E-state index in [1.54, 1.807) is 0 Å². The lowest BCUT2D eigenvalue weighted by atomic mass is 10.1. The highest BCUT2D eigenvalue weighted by Gasteiger charge is 2.09. The zero-order chi connectivity index (χ0) is 15.0. The van der Waals surface area contributed by atoms with E-state index in [9.17, 15) is 9.59 Å². The van der Waals surface area contributed by atoms with Crippen molar-refractivity contribution in [2.45, 2.75) is 25.8 Å². The quantitative estimate of drug-likeness (QED) is 0.833. The zero-order valence-corrected chi connectivity index (χ0v) is 13.2. The Morgan fingerprint density at radius 2 is 2.15 bits per heavy atom. The van der Waals surface area contributed by atoms with Crippen LogP contribution in [0.4, 0.5) is 4.79 Å².